The Kier molecular flexibility index (Phi) is 3.45. The molecule has 0 aliphatic carbocycles. The second-order valence-corrected chi connectivity index (χ2v) is 6.58. The molecule has 4 aromatic rings. The van der Waals surface area contributed by atoms with Gasteiger partial charge in [-0.1, -0.05) is 46.7 Å². The minimum Gasteiger partial charge on any atom is -0.329 e. The van der Waals surface area contributed by atoms with Crippen LogP contribution in [0.5, 0.6) is 0 Å². The van der Waals surface area contributed by atoms with Gasteiger partial charge in [-0.2, -0.15) is 4.52 Å². The van der Waals surface area contributed by atoms with Crippen LogP contribution in [0.3, 0.4) is 0 Å². The van der Waals surface area contributed by atoms with Gasteiger partial charge in [-0.15, -0.1) is 5.10 Å². The van der Waals surface area contributed by atoms with E-state index in [0.29, 0.717) is 36.7 Å². The second-order valence-electron chi connectivity index (χ2n) is 4.78. The van der Waals surface area contributed by atoms with Gasteiger partial charge in [-0.05, 0) is 30.3 Å². The maximum atomic E-state index is 12.5. The zero-order chi connectivity index (χ0) is 16.0. The van der Waals surface area contributed by atoms with Crippen LogP contribution in [0.25, 0.3) is 15.9 Å². The van der Waals surface area contributed by atoms with Gasteiger partial charge in [0.05, 0.1) is 21.6 Å². The minimum atomic E-state index is -0.197. The summed E-state index contributed by atoms with van der Waals surface area (Å²) in [5.74, 6) is 0. The van der Waals surface area contributed by atoms with Crippen molar-refractivity contribution in [2.75, 3.05) is 5.32 Å². The van der Waals surface area contributed by atoms with Crippen LogP contribution in [0.1, 0.15) is 0 Å². The van der Waals surface area contributed by atoms with Crippen molar-refractivity contribution in [2.24, 2.45) is 0 Å². The van der Waals surface area contributed by atoms with E-state index in [0.717, 1.165) is 0 Å². The Hall–Kier alpha value is -2.15. The van der Waals surface area contributed by atoms with Crippen molar-refractivity contribution in [3.63, 3.8) is 0 Å². The van der Waals surface area contributed by atoms with E-state index in [1.807, 2.05) is 6.07 Å². The number of aromatic nitrogens is 3. The molecule has 8 heteroatoms. The molecule has 0 saturated heterocycles. The number of anilines is 2. The lowest BCUT2D eigenvalue weighted by molar-refractivity contribution is 0.919. The minimum absolute atomic E-state index is 0.197. The van der Waals surface area contributed by atoms with Gasteiger partial charge in [0.1, 0.15) is 0 Å². The van der Waals surface area contributed by atoms with E-state index in [4.69, 9.17) is 23.2 Å². The van der Waals surface area contributed by atoms with E-state index in [1.54, 1.807) is 36.4 Å². The van der Waals surface area contributed by atoms with Crippen LogP contribution in [0.4, 0.5) is 10.8 Å². The third-order valence-electron chi connectivity index (χ3n) is 3.28. The number of nitrogens with one attached hydrogen (secondary N) is 1. The van der Waals surface area contributed by atoms with E-state index >= 15 is 0 Å². The van der Waals surface area contributed by atoms with Crippen LogP contribution in [0.2, 0.25) is 10.0 Å². The Balaban J connectivity index is 1.84. The molecule has 0 saturated carbocycles. The predicted molar refractivity (Wildman–Crippen MR) is 94.4 cm³/mol. The molecule has 1 N–H and O–H groups in total. The predicted octanol–water partition coefficient (Wildman–Crippen LogP) is 4.35. The number of para-hydroxylation sites is 1. The van der Waals surface area contributed by atoms with Gasteiger partial charge in [-0.25, -0.2) is 4.98 Å². The monoisotopic (exact) mass is 362 g/mol. The first-order valence-electron chi connectivity index (χ1n) is 6.62. The summed E-state index contributed by atoms with van der Waals surface area (Å²) in [5, 5.41) is 9.45. The normalized spacial score (nSPS) is 11.2. The van der Waals surface area contributed by atoms with Crippen molar-refractivity contribution >= 4 is 61.2 Å². The second kappa shape index (κ2) is 5.49. The highest BCUT2D eigenvalue weighted by atomic mass is 35.5. The van der Waals surface area contributed by atoms with Crippen LogP contribution >= 0.6 is 34.5 Å². The molecule has 4 rings (SSSR count). The van der Waals surface area contributed by atoms with E-state index in [9.17, 15) is 4.79 Å². The maximum Gasteiger partial charge on any atom is 0.283 e. The highest BCUT2D eigenvalue weighted by Crippen LogP contribution is 2.29. The lowest BCUT2D eigenvalue weighted by Gasteiger charge is -2.04. The quantitative estimate of drug-likeness (QED) is 0.575. The molecule has 5 nitrogen and oxygen atoms in total. The molecule has 0 atom stereocenters. The maximum absolute atomic E-state index is 12.5. The zero-order valence-electron chi connectivity index (χ0n) is 11.5. The van der Waals surface area contributed by atoms with E-state index in [-0.39, 0.29) is 5.56 Å². The molecule has 0 radical (unpaired) electrons. The van der Waals surface area contributed by atoms with Crippen molar-refractivity contribution < 1.29 is 0 Å². The third-order valence-corrected chi connectivity index (χ3v) is 4.65. The van der Waals surface area contributed by atoms with Gasteiger partial charge in [0, 0.05) is 5.02 Å². The number of hydrogen-bond donors (Lipinski definition) is 1. The molecule has 0 aliphatic heterocycles. The molecule has 23 heavy (non-hydrogen) atoms. The molecule has 0 fully saturated rings. The first-order chi connectivity index (χ1) is 11.1. The average molecular weight is 363 g/mol. The molecular formula is C15H8Cl2N4OS. The number of hydrogen-bond acceptors (Lipinski definition) is 5. The summed E-state index contributed by atoms with van der Waals surface area (Å²) in [6.45, 7) is 0. The molecule has 114 valence electrons. The van der Waals surface area contributed by atoms with Crippen LogP contribution in [-0.2, 0) is 0 Å². The van der Waals surface area contributed by atoms with E-state index < -0.39 is 0 Å². The molecular weight excluding hydrogens is 355 g/mol. The number of benzene rings is 2. The van der Waals surface area contributed by atoms with Crippen LogP contribution < -0.4 is 10.9 Å². The van der Waals surface area contributed by atoms with Gasteiger partial charge in [0.2, 0.25) is 10.1 Å². The Morgan fingerprint density at radius 3 is 2.78 bits per heavy atom. The Morgan fingerprint density at radius 1 is 1.13 bits per heavy atom. The van der Waals surface area contributed by atoms with Gasteiger partial charge in [-0.3, -0.25) is 4.79 Å². The molecule has 0 aliphatic rings. The van der Waals surface area contributed by atoms with Gasteiger partial charge in [0.25, 0.3) is 5.56 Å². The summed E-state index contributed by atoms with van der Waals surface area (Å²) in [6, 6.07) is 12.3. The first-order valence-corrected chi connectivity index (χ1v) is 8.20. The van der Waals surface area contributed by atoms with Gasteiger partial charge in [0.15, 0.2) is 0 Å². The molecule has 2 aromatic heterocycles. The summed E-state index contributed by atoms with van der Waals surface area (Å²) < 4.78 is 1.29. The van der Waals surface area contributed by atoms with Crippen LogP contribution in [-0.4, -0.2) is 14.6 Å². The largest absolute Gasteiger partial charge is 0.329 e. The van der Waals surface area contributed by atoms with E-state index in [2.05, 4.69) is 15.4 Å². The Labute approximate surface area is 144 Å². The highest BCUT2D eigenvalue weighted by Gasteiger charge is 2.11. The van der Waals surface area contributed by atoms with Crippen LogP contribution in [0.15, 0.2) is 47.3 Å². The summed E-state index contributed by atoms with van der Waals surface area (Å²) in [7, 11) is 0. The Bertz CT molecular complexity index is 1110. The van der Waals surface area contributed by atoms with Crippen molar-refractivity contribution in [1.82, 2.24) is 14.6 Å². The average Bonchev–Trinajstić information content (AvgIpc) is 2.93. The number of halogens is 2. The summed E-state index contributed by atoms with van der Waals surface area (Å²) in [4.78, 5) is 17.4. The highest BCUT2D eigenvalue weighted by molar-refractivity contribution is 7.20. The molecule has 0 spiro atoms. The lowest BCUT2D eigenvalue weighted by atomic mass is 10.2. The summed E-state index contributed by atoms with van der Waals surface area (Å²) >= 11 is 13.3. The zero-order valence-corrected chi connectivity index (χ0v) is 13.8. The third kappa shape index (κ3) is 2.55. The molecule has 2 heterocycles. The van der Waals surface area contributed by atoms with Crippen molar-refractivity contribution in [3.8, 4) is 0 Å². The lowest BCUT2D eigenvalue weighted by Crippen LogP contribution is -2.15. The fourth-order valence-electron chi connectivity index (χ4n) is 2.21. The Morgan fingerprint density at radius 2 is 1.96 bits per heavy atom. The van der Waals surface area contributed by atoms with Crippen molar-refractivity contribution in [3.05, 3.63) is 62.9 Å². The fraction of sp³-hybridized carbons (Fsp3) is 0. The van der Waals surface area contributed by atoms with Crippen molar-refractivity contribution in [1.29, 1.82) is 0 Å². The van der Waals surface area contributed by atoms with E-state index in [1.165, 1.54) is 15.9 Å². The number of fused-ring (bicyclic) bond motifs is 2. The standard InChI is InChI=1S/C15H8Cl2N4OS/c16-8-5-6-12(10(17)7-8)18-14-20-21-13(22)9-3-1-2-4-11(9)19-15(21)23-14/h1-7H,(H,18,20). The smallest absolute Gasteiger partial charge is 0.283 e. The topological polar surface area (TPSA) is 59.3 Å². The van der Waals surface area contributed by atoms with Crippen LogP contribution in [0, 0.1) is 0 Å². The SMILES string of the molecule is O=c1c2ccccc2nc2sc(Nc3ccc(Cl)cc3Cl)nn12. The molecule has 0 amide bonds. The molecule has 2 aromatic carbocycles. The fourth-order valence-corrected chi connectivity index (χ4v) is 3.48. The van der Waals surface area contributed by atoms with Gasteiger partial charge >= 0.3 is 0 Å². The molecule has 0 bridgehead atoms. The summed E-state index contributed by atoms with van der Waals surface area (Å²) in [6.07, 6.45) is 0. The number of nitrogens with zero attached hydrogens (tertiary/aromatic N) is 3. The first kappa shape index (κ1) is 14.4. The summed E-state index contributed by atoms with van der Waals surface area (Å²) in [5.41, 5.74) is 1.11. The van der Waals surface area contributed by atoms with Crippen molar-refractivity contribution in [2.45, 2.75) is 0 Å². The number of rotatable bonds is 2. The van der Waals surface area contributed by atoms with Gasteiger partial charge < -0.3 is 5.32 Å². The molecule has 0 unspecified atom stereocenters.